The summed E-state index contributed by atoms with van der Waals surface area (Å²) in [5.41, 5.74) is 0.619. The molecule has 0 radical (unpaired) electrons. The maximum atomic E-state index is 5.42. The summed E-state index contributed by atoms with van der Waals surface area (Å²) in [4.78, 5) is 0. The molecule has 2 aliphatic rings. The Morgan fingerprint density at radius 1 is 1.08 bits per heavy atom. The Labute approximate surface area is 75.5 Å². The quantitative estimate of drug-likeness (QED) is 0.585. The smallest absolute Gasteiger partial charge is 0.0576 e. The van der Waals surface area contributed by atoms with Gasteiger partial charge in [0.25, 0.3) is 0 Å². The molecular weight excluding hydrogens is 148 g/mol. The van der Waals surface area contributed by atoms with Crippen molar-refractivity contribution in [3.63, 3.8) is 0 Å². The second-order valence-electron chi connectivity index (χ2n) is 5.42. The molecule has 2 aliphatic carbocycles. The van der Waals surface area contributed by atoms with Crippen LogP contribution >= 0.6 is 0 Å². The molecule has 2 fully saturated rings. The minimum absolute atomic E-state index is 0.580. The van der Waals surface area contributed by atoms with E-state index in [1.165, 1.54) is 25.7 Å². The van der Waals surface area contributed by atoms with E-state index in [0.29, 0.717) is 11.5 Å². The van der Waals surface area contributed by atoms with Crippen LogP contribution in [0.1, 0.15) is 39.5 Å². The molecule has 1 heteroatoms. The van der Waals surface area contributed by atoms with Gasteiger partial charge in [-0.3, -0.25) is 0 Å². The average Bonchev–Trinajstić information content (AvgIpc) is 2.40. The fraction of sp³-hybridized carbons (Fsp3) is 1.00. The molecular formula is C11H20O. The first-order valence-electron chi connectivity index (χ1n) is 5.13. The van der Waals surface area contributed by atoms with Crippen LogP contribution in [0.5, 0.6) is 0 Å². The van der Waals surface area contributed by atoms with Crippen LogP contribution in [0.3, 0.4) is 0 Å². The molecule has 0 N–H and O–H groups in total. The van der Waals surface area contributed by atoms with Gasteiger partial charge in [0, 0.05) is 7.11 Å². The summed E-state index contributed by atoms with van der Waals surface area (Å²) >= 11 is 0. The highest BCUT2D eigenvalue weighted by atomic mass is 16.5. The van der Waals surface area contributed by atoms with Gasteiger partial charge in [-0.05, 0) is 42.9 Å². The topological polar surface area (TPSA) is 9.23 Å². The van der Waals surface area contributed by atoms with Crippen LogP contribution in [0.15, 0.2) is 0 Å². The maximum Gasteiger partial charge on any atom is 0.0576 e. The van der Waals surface area contributed by atoms with Crippen molar-refractivity contribution >= 4 is 0 Å². The Morgan fingerprint density at radius 3 is 2.00 bits per heavy atom. The molecule has 12 heavy (non-hydrogen) atoms. The number of methoxy groups -OCH3 is 1. The molecule has 2 saturated carbocycles. The van der Waals surface area contributed by atoms with Crippen LogP contribution in [-0.4, -0.2) is 13.2 Å². The summed E-state index contributed by atoms with van der Waals surface area (Å²) in [5.74, 6) is 1.95. The minimum Gasteiger partial charge on any atom is -0.381 e. The molecule has 70 valence electrons. The second-order valence-corrected chi connectivity index (χ2v) is 5.42. The lowest BCUT2D eigenvalue weighted by atomic mass is 9.88. The Bertz CT molecular complexity index is 158. The Morgan fingerprint density at radius 2 is 1.58 bits per heavy atom. The first-order chi connectivity index (χ1) is 5.61. The van der Waals surface area contributed by atoms with E-state index in [9.17, 15) is 0 Å². The lowest BCUT2D eigenvalue weighted by Crippen LogP contribution is -2.11. The predicted octanol–water partition coefficient (Wildman–Crippen LogP) is 2.85. The van der Waals surface area contributed by atoms with Crippen molar-refractivity contribution in [3.05, 3.63) is 0 Å². The SMILES string of the molecule is COC1CC2CC(C)(C)CC2C1. The van der Waals surface area contributed by atoms with Crippen molar-refractivity contribution in [3.8, 4) is 0 Å². The van der Waals surface area contributed by atoms with Crippen LogP contribution in [0.4, 0.5) is 0 Å². The van der Waals surface area contributed by atoms with Gasteiger partial charge in [0.2, 0.25) is 0 Å². The first-order valence-corrected chi connectivity index (χ1v) is 5.13. The summed E-state index contributed by atoms with van der Waals surface area (Å²) in [7, 11) is 1.86. The number of rotatable bonds is 1. The third-order valence-corrected chi connectivity index (χ3v) is 3.76. The predicted molar refractivity (Wildman–Crippen MR) is 50.0 cm³/mol. The van der Waals surface area contributed by atoms with E-state index in [-0.39, 0.29) is 0 Å². The summed E-state index contributed by atoms with van der Waals surface area (Å²) in [6, 6.07) is 0. The van der Waals surface area contributed by atoms with Crippen molar-refractivity contribution in [2.45, 2.75) is 45.6 Å². The van der Waals surface area contributed by atoms with Gasteiger partial charge in [-0.15, -0.1) is 0 Å². The van der Waals surface area contributed by atoms with Crippen LogP contribution < -0.4 is 0 Å². The van der Waals surface area contributed by atoms with Gasteiger partial charge in [0.1, 0.15) is 0 Å². The molecule has 0 aliphatic heterocycles. The van der Waals surface area contributed by atoms with Crippen molar-refractivity contribution in [2.24, 2.45) is 17.3 Å². The molecule has 0 saturated heterocycles. The summed E-state index contributed by atoms with van der Waals surface area (Å²) in [6.07, 6.45) is 6.08. The van der Waals surface area contributed by atoms with Crippen molar-refractivity contribution < 1.29 is 4.74 Å². The molecule has 0 aromatic heterocycles. The van der Waals surface area contributed by atoms with Crippen molar-refractivity contribution in [2.75, 3.05) is 7.11 Å². The Hall–Kier alpha value is -0.0400. The average molecular weight is 168 g/mol. The van der Waals surface area contributed by atoms with Gasteiger partial charge >= 0.3 is 0 Å². The molecule has 0 bridgehead atoms. The van der Waals surface area contributed by atoms with Crippen LogP contribution in [0.25, 0.3) is 0 Å². The van der Waals surface area contributed by atoms with E-state index in [0.717, 1.165) is 11.8 Å². The fourth-order valence-electron chi connectivity index (χ4n) is 3.35. The normalized spacial score (nSPS) is 44.8. The number of ether oxygens (including phenoxy) is 1. The summed E-state index contributed by atoms with van der Waals surface area (Å²) in [6.45, 7) is 4.82. The highest BCUT2D eigenvalue weighted by molar-refractivity contribution is 4.95. The largest absolute Gasteiger partial charge is 0.381 e. The third kappa shape index (κ3) is 1.39. The standard InChI is InChI=1S/C11H20O/c1-11(2)6-8-4-10(12-3)5-9(8)7-11/h8-10H,4-7H2,1-3H3. The second kappa shape index (κ2) is 2.73. The number of hydrogen-bond donors (Lipinski definition) is 0. The van der Waals surface area contributed by atoms with E-state index >= 15 is 0 Å². The lowest BCUT2D eigenvalue weighted by molar-refractivity contribution is 0.0966. The fourth-order valence-corrected chi connectivity index (χ4v) is 3.35. The van der Waals surface area contributed by atoms with Crippen LogP contribution in [-0.2, 0) is 4.74 Å². The minimum atomic E-state index is 0.580. The van der Waals surface area contributed by atoms with E-state index in [4.69, 9.17) is 4.74 Å². The molecule has 0 heterocycles. The zero-order valence-corrected chi connectivity index (χ0v) is 8.47. The molecule has 0 amide bonds. The van der Waals surface area contributed by atoms with E-state index in [1.807, 2.05) is 7.11 Å². The van der Waals surface area contributed by atoms with Gasteiger partial charge in [0.05, 0.1) is 6.10 Å². The van der Waals surface area contributed by atoms with Gasteiger partial charge in [-0.1, -0.05) is 13.8 Å². The van der Waals surface area contributed by atoms with Crippen LogP contribution in [0, 0.1) is 17.3 Å². The highest BCUT2D eigenvalue weighted by Crippen LogP contribution is 2.52. The summed E-state index contributed by atoms with van der Waals surface area (Å²) < 4.78 is 5.42. The number of hydrogen-bond acceptors (Lipinski definition) is 1. The van der Waals surface area contributed by atoms with Gasteiger partial charge in [-0.25, -0.2) is 0 Å². The lowest BCUT2D eigenvalue weighted by Gasteiger charge is -2.19. The zero-order valence-electron chi connectivity index (χ0n) is 8.47. The molecule has 2 rings (SSSR count). The Kier molecular flexibility index (Phi) is 1.95. The number of fused-ring (bicyclic) bond motifs is 1. The first kappa shape index (κ1) is 8.55. The highest BCUT2D eigenvalue weighted by Gasteiger charge is 2.44. The summed E-state index contributed by atoms with van der Waals surface area (Å²) in [5, 5.41) is 0. The molecule has 0 aromatic rings. The monoisotopic (exact) mass is 168 g/mol. The van der Waals surface area contributed by atoms with Crippen molar-refractivity contribution in [1.29, 1.82) is 0 Å². The van der Waals surface area contributed by atoms with E-state index in [2.05, 4.69) is 13.8 Å². The van der Waals surface area contributed by atoms with E-state index < -0.39 is 0 Å². The molecule has 2 atom stereocenters. The zero-order chi connectivity index (χ0) is 8.77. The Balaban J connectivity index is 1.97. The van der Waals surface area contributed by atoms with Gasteiger partial charge < -0.3 is 4.74 Å². The van der Waals surface area contributed by atoms with Gasteiger partial charge in [0.15, 0.2) is 0 Å². The molecule has 0 aromatic carbocycles. The maximum absolute atomic E-state index is 5.42. The van der Waals surface area contributed by atoms with Crippen molar-refractivity contribution in [1.82, 2.24) is 0 Å². The third-order valence-electron chi connectivity index (χ3n) is 3.76. The molecule has 0 spiro atoms. The molecule has 2 unspecified atom stereocenters. The molecule has 1 nitrogen and oxygen atoms in total. The van der Waals surface area contributed by atoms with Gasteiger partial charge in [-0.2, -0.15) is 0 Å². The van der Waals surface area contributed by atoms with E-state index in [1.54, 1.807) is 0 Å². The van der Waals surface area contributed by atoms with Crippen LogP contribution in [0.2, 0.25) is 0 Å².